The van der Waals surface area contributed by atoms with E-state index in [-0.39, 0.29) is 28.1 Å². The van der Waals surface area contributed by atoms with Gasteiger partial charge in [0.05, 0.1) is 22.6 Å². The average Bonchev–Trinajstić information content (AvgIpc) is 2.46. The molecule has 22 heavy (non-hydrogen) atoms. The summed E-state index contributed by atoms with van der Waals surface area (Å²) in [7, 11) is -3.90. The van der Waals surface area contributed by atoms with Gasteiger partial charge in [-0.15, -0.1) is 0 Å². The lowest BCUT2D eigenvalue weighted by Crippen LogP contribution is -2.47. The Labute approximate surface area is 134 Å². The Morgan fingerprint density at radius 3 is 2.68 bits per heavy atom. The summed E-state index contributed by atoms with van der Waals surface area (Å²) >= 11 is 5.99. The molecule has 0 aromatic heterocycles. The molecule has 1 aromatic rings. The number of nitriles is 1. The van der Waals surface area contributed by atoms with Crippen LogP contribution in [0.15, 0.2) is 23.1 Å². The Morgan fingerprint density at radius 2 is 2.14 bits per heavy atom. The maximum atomic E-state index is 12.8. The van der Waals surface area contributed by atoms with Crippen molar-refractivity contribution in [3.8, 4) is 6.07 Å². The van der Waals surface area contributed by atoms with Crippen LogP contribution in [0.3, 0.4) is 0 Å². The molecule has 6 nitrogen and oxygen atoms in total. The number of aliphatic carboxylic acids is 1. The zero-order valence-electron chi connectivity index (χ0n) is 11.9. The molecule has 0 spiro atoms. The molecule has 1 heterocycles. The number of nitrogens with zero attached hydrogens (tertiary/aromatic N) is 2. The Bertz CT molecular complexity index is 742. The van der Waals surface area contributed by atoms with Crippen molar-refractivity contribution in [2.45, 2.75) is 30.7 Å². The Balaban J connectivity index is 2.41. The third-order valence-electron chi connectivity index (χ3n) is 3.82. The molecule has 0 amide bonds. The van der Waals surface area contributed by atoms with Crippen molar-refractivity contribution >= 4 is 27.6 Å². The van der Waals surface area contributed by atoms with Crippen LogP contribution in [-0.4, -0.2) is 36.4 Å². The highest BCUT2D eigenvalue weighted by molar-refractivity contribution is 7.89. The molecule has 118 valence electrons. The number of piperidine rings is 1. The van der Waals surface area contributed by atoms with Gasteiger partial charge in [0.1, 0.15) is 4.90 Å². The summed E-state index contributed by atoms with van der Waals surface area (Å²) in [6.45, 7) is 1.67. The number of carbonyl (C=O) groups is 1. The lowest BCUT2D eigenvalue weighted by atomic mass is 9.96. The van der Waals surface area contributed by atoms with Gasteiger partial charge in [-0.1, -0.05) is 11.6 Å². The lowest BCUT2D eigenvalue weighted by Gasteiger charge is -2.35. The van der Waals surface area contributed by atoms with Crippen LogP contribution in [0, 0.1) is 17.2 Å². The highest BCUT2D eigenvalue weighted by Crippen LogP contribution is 2.31. The summed E-state index contributed by atoms with van der Waals surface area (Å²) in [6, 6.07) is 5.54. The molecule has 1 aromatic carbocycles. The second-order valence-corrected chi connectivity index (χ2v) is 7.56. The Kier molecular flexibility index (Phi) is 4.75. The minimum Gasteiger partial charge on any atom is -0.481 e. The summed E-state index contributed by atoms with van der Waals surface area (Å²) in [5.74, 6) is -1.72. The van der Waals surface area contributed by atoms with Crippen molar-refractivity contribution in [3.05, 3.63) is 28.8 Å². The number of sulfonamides is 1. The third kappa shape index (κ3) is 3.09. The monoisotopic (exact) mass is 342 g/mol. The summed E-state index contributed by atoms with van der Waals surface area (Å²) in [6.07, 6.45) is 0.924. The number of hydrogen-bond acceptors (Lipinski definition) is 4. The summed E-state index contributed by atoms with van der Waals surface area (Å²) < 4.78 is 26.7. The van der Waals surface area contributed by atoms with E-state index < -0.39 is 21.9 Å². The van der Waals surface area contributed by atoms with Crippen LogP contribution in [0.2, 0.25) is 5.02 Å². The topological polar surface area (TPSA) is 98.5 Å². The number of hydrogen-bond donors (Lipinski definition) is 1. The van der Waals surface area contributed by atoms with E-state index in [1.165, 1.54) is 22.5 Å². The molecule has 2 rings (SSSR count). The molecular weight excluding hydrogens is 328 g/mol. The van der Waals surface area contributed by atoms with Gasteiger partial charge in [-0.25, -0.2) is 8.42 Å². The molecule has 2 unspecified atom stereocenters. The largest absolute Gasteiger partial charge is 0.481 e. The smallest absolute Gasteiger partial charge is 0.307 e. The van der Waals surface area contributed by atoms with E-state index in [9.17, 15) is 13.2 Å². The summed E-state index contributed by atoms with van der Waals surface area (Å²) in [4.78, 5) is 11.0. The minimum absolute atomic E-state index is 0.0382. The van der Waals surface area contributed by atoms with Crippen molar-refractivity contribution in [2.75, 3.05) is 6.54 Å². The second kappa shape index (κ2) is 6.24. The van der Waals surface area contributed by atoms with Crippen LogP contribution < -0.4 is 0 Å². The van der Waals surface area contributed by atoms with E-state index in [1.54, 1.807) is 6.92 Å². The fourth-order valence-electron chi connectivity index (χ4n) is 2.52. The first kappa shape index (κ1) is 16.7. The van der Waals surface area contributed by atoms with Gasteiger partial charge in [0.2, 0.25) is 10.0 Å². The van der Waals surface area contributed by atoms with Crippen LogP contribution in [0.4, 0.5) is 0 Å². The number of rotatable bonds is 3. The normalized spacial score (nSPS) is 23.0. The zero-order valence-corrected chi connectivity index (χ0v) is 13.4. The molecule has 0 aliphatic carbocycles. The fraction of sp³-hybridized carbons (Fsp3) is 0.429. The molecule has 1 fully saturated rings. The average molecular weight is 343 g/mol. The molecule has 0 bridgehead atoms. The van der Waals surface area contributed by atoms with E-state index in [4.69, 9.17) is 22.0 Å². The van der Waals surface area contributed by atoms with E-state index >= 15 is 0 Å². The van der Waals surface area contributed by atoms with Crippen LogP contribution >= 0.6 is 11.6 Å². The van der Waals surface area contributed by atoms with E-state index in [1.807, 2.05) is 6.07 Å². The van der Waals surface area contributed by atoms with Gasteiger partial charge in [-0.2, -0.15) is 9.57 Å². The van der Waals surface area contributed by atoms with Crippen molar-refractivity contribution in [2.24, 2.45) is 5.92 Å². The highest BCUT2D eigenvalue weighted by atomic mass is 35.5. The molecule has 1 aliphatic rings. The molecular formula is C14H15ClN2O4S. The maximum absolute atomic E-state index is 12.8. The van der Waals surface area contributed by atoms with Crippen molar-refractivity contribution in [1.29, 1.82) is 5.26 Å². The second-order valence-electron chi connectivity index (χ2n) is 5.29. The minimum atomic E-state index is -3.90. The Morgan fingerprint density at radius 1 is 1.45 bits per heavy atom. The van der Waals surface area contributed by atoms with Crippen LogP contribution in [0.25, 0.3) is 0 Å². The predicted octanol–water partition coefficient (Wildman–Crippen LogP) is 2.09. The quantitative estimate of drug-likeness (QED) is 0.906. The molecule has 0 saturated carbocycles. The number of carboxylic acid groups (broad SMARTS) is 1. The van der Waals surface area contributed by atoms with E-state index in [2.05, 4.69) is 0 Å². The first-order chi connectivity index (χ1) is 10.3. The molecule has 1 N–H and O–H groups in total. The number of halogens is 1. The van der Waals surface area contributed by atoms with Crippen molar-refractivity contribution in [3.63, 3.8) is 0 Å². The van der Waals surface area contributed by atoms with Gasteiger partial charge in [0.15, 0.2) is 0 Å². The summed E-state index contributed by atoms with van der Waals surface area (Å²) in [5, 5.41) is 17.9. The van der Waals surface area contributed by atoms with Crippen LogP contribution in [0.1, 0.15) is 25.3 Å². The number of carboxylic acids is 1. The van der Waals surface area contributed by atoms with Gasteiger partial charge in [0, 0.05) is 12.6 Å². The van der Waals surface area contributed by atoms with E-state index in [0.29, 0.717) is 12.8 Å². The Hall–Kier alpha value is -1.62. The van der Waals surface area contributed by atoms with E-state index in [0.717, 1.165) is 0 Å². The highest BCUT2D eigenvalue weighted by Gasteiger charge is 2.38. The zero-order chi connectivity index (χ0) is 16.5. The number of benzene rings is 1. The fourth-order valence-corrected chi connectivity index (χ4v) is 4.74. The van der Waals surface area contributed by atoms with Gasteiger partial charge < -0.3 is 5.11 Å². The van der Waals surface area contributed by atoms with Gasteiger partial charge in [0.25, 0.3) is 0 Å². The first-order valence-electron chi connectivity index (χ1n) is 6.71. The lowest BCUT2D eigenvalue weighted by molar-refractivity contribution is -0.143. The van der Waals surface area contributed by atoms with Crippen LogP contribution in [-0.2, 0) is 14.8 Å². The predicted molar refractivity (Wildman–Crippen MR) is 79.9 cm³/mol. The van der Waals surface area contributed by atoms with Gasteiger partial charge in [-0.05, 0) is 38.0 Å². The third-order valence-corrected chi connectivity index (χ3v) is 6.28. The molecule has 1 saturated heterocycles. The van der Waals surface area contributed by atoms with Gasteiger partial charge in [-0.3, -0.25) is 4.79 Å². The van der Waals surface area contributed by atoms with Crippen molar-refractivity contribution < 1.29 is 18.3 Å². The van der Waals surface area contributed by atoms with Crippen molar-refractivity contribution in [1.82, 2.24) is 4.31 Å². The molecule has 1 aliphatic heterocycles. The summed E-state index contributed by atoms with van der Waals surface area (Å²) in [5.41, 5.74) is 0.263. The maximum Gasteiger partial charge on any atom is 0.307 e. The van der Waals surface area contributed by atoms with Crippen LogP contribution in [0.5, 0.6) is 0 Å². The molecule has 0 radical (unpaired) electrons. The standard InChI is InChI=1S/C14H15ClN2O4S/c1-9-2-4-11(14(18)19)8-17(9)22(20,21)13-5-3-10(7-16)6-12(13)15/h3,5-6,9,11H,2,4,8H2,1H3,(H,18,19). The van der Waals surface area contributed by atoms with Gasteiger partial charge >= 0.3 is 5.97 Å². The molecule has 2 atom stereocenters. The first-order valence-corrected chi connectivity index (χ1v) is 8.53. The SMILES string of the molecule is CC1CCC(C(=O)O)CN1S(=O)(=O)c1ccc(C#N)cc1Cl. The molecule has 8 heteroatoms.